The molecular formula is C74H137NO10. The van der Waals surface area contributed by atoms with E-state index in [4.69, 9.17) is 14.2 Å². The summed E-state index contributed by atoms with van der Waals surface area (Å²) in [4.78, 5) is 26.7. The van der Waals surface area contributed by atoms with E-state index in [1.807, 2.05) is 6.08 Å². The lowest BCUT2D eigenvalue weighted by Crippen LogP contribution is -2.61. The van der Waals surface area contributed by atoms with Crippen LogP contribution in [-0.4, -0.2) is 99.6 Å². The van der Waals surface area contributed by atoms with Gasteiger partial charge in [-0.25, -0.2) is 0 Å². The molecule has 0 bridgehead atoms. The van der Waals surface area contributed by atoms with Crippen LogP contribution in [-0.2, 0) is 23.8 Å². The van der Waals surface area contributed by atoms with E-state index < -0.39 is 67.4 Å². The molecule has 0 aliphatic carbocycles. The molecule has 0 radical (unpaired) electrons. The van der Waals surface area contributed by atoms with Crippen LogP contribution in [0.4, 0.5) is 0 Å². The van der Waals surface area contributed by atoms with E-state index >= 15 is 0 Å². The molecule has 1 amide bonds. The SMILES string of the molecule is CCCCC/C=C\C/C=C\C/C=C\CCCCCCCCC(=O)OC1C(OCC(NC(=O)C(O)CCCCCCCCCCCCCCCCCCCCCCCCCC)C(O)/C=C/CCCCCCCCCCCCC)OC(CO)C(O)C1O. The van der Waals surface area contributed by atoms with Gasteiger partial charge in [-0.1, -0.05) is 326 Å². The van der Waals surface area contributed by atoms with Crippen molar-refractivity contribution in [2.75, 3.05) is 13.2 Å². The van der Waals surface area contributed by atoms with Gasteiger partial charge >= 0.3 is 5.97 Å². The monoisotopic (exact) mass is 1200 g/mol. The number of aliphatic hydroxyl groups is 5. The average Bonchev–Trinajstić information content (AvgIpc) is 2.49. The number of ether oxygens (including phenoxy) is 3. The first kappa shape index (κ1) is 80.6. The van der Waals surface area contributed by atoms with E-state index in [1.54, 1.807) is 6.08 Å². The Morgan fingerprint density at radius 2 is 0.812 bits per heavy atom. The Kier molecular flexibility index (Phi) is 58.7. The molecule has 11 nitrogen and oxygen atoms in total. The van der Waals surface area contributed by atoms with Crippen LogP contribution in [0.2, 0.25) is 0 Å². The number of nitrogens with one attached hydrogen (secondary N) is 1. The van der Waals surface area contributed by atoms with E-state index in [1.165, 1.54) is 212 Å². The molecule has 85 heavy (non-hydrogen) atoms. The Labute approximate surface area is 523 Å². The number of allylic oxidation sites excluding steroid dienone is 7. The number of carbonyl (C=O) groups excluding carboxylic acids is 2. The molecule has 0 aromatic carbocycles. The lowest BCUT2D eigenvalue weighted by atomic mass is 9.99. The highest BCUT2D eigenvalue weighted by Crippen LogP contribution is 2.26. The molecule has 0 spiro atoms. The zero-order valence-electron chi connectivity index (χ0n) is 55.5. The number of esters is 1. The van der Waals surface area contributed by atoms with Gasteiger partial charge in [-0.15, -0.1) is 0 Å². The second-order valence-corrected chi connectivity index (χ2v) is 25.3. The first-order chi connectivity index (χ1) is 41.7. The van der Waals surface area contributed by atoms with Crippen molar-refractivity contribution in [3.63, 3.8) is 0 Å². The number of amides is 1. The van der Waals surface area contributed by atoms with Gasteiger partial charge in [0.2, 0.25) is 5.91 Å². The maximum atomic E-state index is 13.5. The Balaban J connectivity index is 2.58. The minimum absolute atomic E-state index is 0.110. The maximum absolute atomic E-state index is 13.5. The van der Waals surface area contributed by atoms with Crippen LogP contribution >= 0.6 is 0 Å². The van der Waals surface area contributed by atoms with Gasteiger partial charge in [0.15, 0.2) is 12.4 Å². The summed E-state index contributed by atoms with van der Waals surface area (Å²) in [6, 6.07) is -1.03. The smallest absolute Gasteiger partial charge is 0.306 e. The molecule has 1 fully saturated rings. The van der Waals surface area contributed by atoms with Crippen molar-refractivity contribution in [1.29, 1.82) is 0 Å². The second-order valence-electron chi connectivity index (χ2n) is 25.3. The summed E-state index contributed by atoms with van der Waals surface area (Å²) >= 11 is 0. The molecule has 1 aliphatic rings. The van der Waals surface area contributed by atoms with Crippen molar-refractivity contribution in [1.82, 2.24) is 5.32 Å². The van der Waals surface area contributed by atoms with Crippen LogP contribution in [0.3, 0.4) is 0 Å². The Morgan fingerprint density at radius 3 is 1.24 bits per heavy atom. The van der Waals surface area contributed by atoms with E-state index in [2.05, 4.69) is 62.5 Å². The van der Waals surface area contributed by atoms with Crippen molar-refractivity contribution in [3.05, 3.63) is 48.6 Å². The predicted octanol–water partition coefficient (Wildman–Crippen LogP) is 18.7. The summed E-state index contributed by atoms with van der Waals surface area (Å²) in [6.45, 7) is 5.81. The number of hydrogen-bond acceptors (Lipinski definition) is 10. The second kappa shape index (κ2) is 61.8. The van der Waals surface area contributed by atoms with Crippen LogP contribution in [0.15, 0.2) is 48.6 Å². The summed E-state index contributed by atoms with van der Waals surface area (Å²) in [7, 11) is 0. The van der Waals surface area contributed by atoms with Crippen LogP contribution < -0.4 is 5.32 Å². The number of hydrogen-bond donors (Lipinski definition) is 6. The third-order valence-corrected chi connectivity index (χ3v) is 17.2. The van der Waals surface area contributed by atoms with Crippen LogP contribution in [0, 0.1) is 0 Å². The predicted molar refractivity (Wildman–Crippen MR) is 357 cm³/mol. The van der Waals surface area contributed by atoms with Crippen molar-refractivity contribution in [3.8, 4) is 0 Å². The van der Waals surface area contributed by atoms with Gasteiger partial charge in [0.1, 0.15) is 24.4 Å². The molecule has 0 saturated carbocycles. The van der Waals surface area contributed by atoms with E-state index in [0.29, 0.717) is 19.3 Å². The highest BCUT2D eigenvalue weighted by Gasteiger charge is 2.47. The van der Waals surface area contributed by atoms with Crippen molar-refractivity contribution in [2.45, 2.75) is 397 Å². The maximum Gasteiger partial charge on any atom is 0.306 e. The molecule has 6 N–H and O–H groups in total. The number of rotatable bonds is 63. The molecule has 1 aliphatic heterocycles. The normalized spacial score (nSPS) is 18.6. The topological polar surface area (TPSA) is 175 Å². The van der Waals surface area contributed by atoms with Crippen LogP contribution in [0.5, 0.6) is 0 Å². The Hall–Kier alpha value is -2.38. The van der Waals surface area contributed by atoms with Gasteiger partial charge in [0.25, 0.3) is 0 Å². The summed E-state index contributed by atoms with van der Waals surface area (Å²) in [5, 5.41) is 57.3. The minimum atomic E-state index is -1.62. The summed E-state index contributed by atoms with van der Waals surface area (Å²) < 4.78 is 17.7. The molecule has 1 saturated heterocycles. The van der Waals surface area contributed by atoms with E-state index in [9.17, 15) is 35.1 Å². The number of unbranched alkanes of at least 4 members (excludes halogenated alkanes) is 43. The molecule has 0 aromatic heterocycles. The van der Waals surface area contributed by atoms with Gasteiger partial charge in [-0.2, -0.15) is 0 Å². The van der Waals surface area contributed by atoms with Crippen LogP contribution in [0.25, 0.3) is 0 Å². The summed E-state index contributed by atoms with van der Waals surface area (Å²) in [6.07, 6.45) is 67.2. The molecular weight excluding hydrogens is 1060 g/mol. The van der Waals surface area contributed by atoms with Crippen molar-refractivity contribution >= 4 is 11.9 Å². The Morgan fingerprint density at radius 1 is 0.459 bits per heavy atom. The number of aliphatic hydroxyl groups excluding tert-OH is 5. The lowest BCUT2D eigenvalue weighted by molar-refractivity contribution is -0.305. The molecule has 8 unspecified atom stereocenters. The van der Waals surface area contributed by atoms with E-state index in [-0.39, 0.29) is 13.0 Å². The highest BCUT2D eigenvalue weighted by atomic mass is 16.7. The zero-order valence-corrected chi connectivity index (χ0v) is 55.5. The first-order valence-electron chi connectivity index (χ1n) is 36.4. The first-order valence-corrected chi connectivity index (χ1v) is 36.4. The molecule has 11 heteroatoms. The van der Waals surface area contributed by atoms with Gasteiger partial charge in [0.05, 0.1) is 25.4 Å². The molecule has 0 aromatic rings. The summed E-state index contributed by atoms with van der Waals surface area (Å²) in [5.74, 6) is -1.19. The zero-order chi connectivity index (χ0) is 61.7. The fourth-order valence-electron chi connectivity index (χ4n) is 11.5. The minimum Gasteiger partial charge on any atom is -0.454 e. The average molecular weight is 1200 g/mol. The molecule has 1 heterocycles. The van der Waals surface area contributed by atoms with Gasteiger partial charge in [-0.05, 0) is 64.2 Å². The third-order valence-electron chi connectivity index (χ3n) is 17.2. The van der Waals surface area contributed by atoms with Crippen molar-refractivity contribution < 1.29 is 49.3 Å². The number of carbonyl (C=O) groups is 2. The van der Waals surface area contributed by atoms with Gasteiger partial charge in [0, 0.05) is 6.42 Å². The van der Waals surface area contributed by atoms with E-state index in [0.717, 1.165) is 89.9 Å². The van der Waals surface area contributed by atoms with Crippen molar-refractivity contribution in [2.24, 2.45) is 0 Å². The quantitative estimate of drug-likeness (QED) is 0.0195. The summed E-state index contributed by atoms with van der Waals surface area (Å²) in [5.41, 5.74) is 0. The largest absolute Gasteiger partial charge is 0.454 e. The third kappa shape index (κ3) is 49.1. The highest BCUT2D eigenvalue weighted by molar-refractivity contribution is 5.80. The molecule has 8 atom stereocenters. The van der Waals surface area contributed by atoms with Gasteiger partial charge < -0.3 is 45.1 Å². The fourth-order valence-corrected chi connectivity index (χ4v) is 11.5. The molecule has 1 rings (SSSR count). The van der Waals surface area contributed by atoms with Crippen LogP contribution in [0.1, 0.15) is 348 Å². The van der Waals surface area contributed by atoms with Gasteiger partial charge in [-0.3, -0.25) is 9.59 Å². The Bertz CT molecular complexity index is 1570. The fraction of sp³-hybridized carbons (Fsp3) is 0.865. The molecule has 498 valence electrons. The lowest BCUT2D eigenvalue weighted by Gasteiger charge is -2.41. The standard InChI is InChI=1S/C74H137NO10/c1-4-7-10-13-16-19-22-25-27-29-31-32-33-34-35-37-38-40-43-46-49-52-55-58-61-67(78)73(82)75-65(66(77)60-57-54-51-48-45-42-24-21-18-15-12-9-6-3)64-83-74-72(71(81)70(80)68(63-76)84-74)85-69(79)62-59-56-53-50-47-44-41-39-36-30-28-26-23-20-17-14-11-8-5-2/h17,20,26,28,36,39,57,60,65-68,70-72,74,76-78,80-81H,4-16,18-19,21-25,27,29-35,37-38,40-56,58-59,61-64H2,1-3H3,(H,75,82)/b20-17-,28-26-,39-36-,60-57+.